The number of hydrogen-bond donors (Lipinski definition) is 0. The summed E-state index contributed by atoms with van der Waals surface area (Å²) in [6, 6.07) is 3.58. The van der Waals surface area contributed by atoms with Crippen LogP contribution in [0.25, 0.3) is 5.69 Å². The number of ketones is 1. The summed E-state index contributed by atoms with van der Waals surface area (Å²) in [5.41, 5.74) is 1.12. The Kier molecular flexibility index (Phi) is 4.14. The minimum absolute atomic E-state index is 0.158. The number of nitrogens with zero attached hydrogens (tertiary/aromatic N) is 4. The van der Waals surface area contributed by atoms with Crippen molar-refractivity contribution in [2.75, 3.05) is 11.4 Å². The van der Waals surface area contributed by atoms with Gasteiger partial charge in [0.25, 0.3) is 5.91 Å². The molecular formula is C13H13ClN4O2. The van der Waals surface area contributed by atoms with Gasteiger partial charge >= 0.3 is 0 Å². The molecule has 0 bridgehead atoms. The normalized spacial score (nSPS) is 10.3. The maximum absolute atomic E-state index is 11.8. The Labute approximate surface area is 121 Å². The van der Waals surface area contributed by atoms with E-state index < -0.39 is 11.7 Å². The topological polar surface area (TPSA) is 68.1 Å². The minimum atomic E-state index is -0.611. The van der Waals surface area contributed by atoms with Crippen LogP contribution in [-0.4, -0.2) is 33.0 Å². The van der Waals surface area contributed by atoms with Crippen LogP contribution in [0.2, 0.25) is 5.15 Å². The van der Waals surface area contributed by atoms with Gasteiger partial charge in [-0.3, -0.25) is 14.6 Å². The van der Waals surface area contributed by atoms with E-state index in [1.165, 1.54) is 16.5 Å². The molecule has 0 fully saturated rings. The van der Waals surface area contributed by atoms with E-state index in [1.54, 1.807) is 31.6 Å². The first-order chi connectivity index (χ1) is 9.54. The first kappa shape index (κ1) is 14.2. The average Bonchev–Trinajstić information content (AvgIpc) is 2.83. The Morgan fingerprint density at radius 3 is 2.75 bits per heavy atom. The fourth-order valence-electron chi connectivity index (χ4n) is 1.76. The molecule has 20 heavy (non-hydrogen) atoms. The minimum Gasteiger partial charge on any atom is -0.302 e. The van der Waals surface area contributed by atoms with E-state index in [0.29, 0.717) is 17.9 Å². The number of carbonyl (C=O) groups is 2. The lowest BCUT2D eigenvalue weighted by Crippen LogP contribution is -2.35. The molecule has 0 aromatic carbocycles. The molecule has 0 atom stereocenters. The van der Waals surface area contributed by atoms with E-state index in [0.717, 1.165) is 0 Å². The number of anilines is 1. The number of rotatable bonds is 4. The number of halogens is 1. The number of likely N-dealkylation sites (N-methyl/N-ethyl adjacent to an activating group) is 1. The van der Waals surface area contributed by atoms with E-state index in [4.69, 9.17) is 11.6 Å². The zero-order valence-corrected chi connectivity index (χ0v) is 11.8. The van der Waals surface area contributed by atoms with Gasteiger partial charge in [-0.05, 0) is 19.1 Å². The highest BCUT2D eigenvalue weighted by atomic mass is 35.5. The summed E-state index contributed by atoms with van der Waals surface area (Å²) < 4.78 is 1.51. The number of pyridine rings is 1. The molecule has 2 aromatic heterocycles. The molecule has 0 spiro atoms. The van der Waals surface area contributed by atoms with Crippen LogP contribution in [0.15, 0.2) is 30.7 Å². The average molecular weight is 293 g/mol. The Hall–Kier alpha value is -2.21. The smallest absolute Gasteiger partial charge is 0.294 e. The van der Waals surface area contributed by atoms with Crippen molar-refractivity contribution in [1.82, 2.24) is 14.8 Å². The second-order valence-corrected chi connectivity index (χ2v) is 4.42. The van der Waals surface area contributed by atoms with Gasteiger partial charge in [-0.1, -0.05) is 11.6 Å². The van der Waals surface area contributed by atoms with Gasteiger partial charge in [0.05, 0.1) is 18.1 Å². The zero-order valence-electron chi connectivity index (χ0n) is 11.1. The van der Waals surface area contributed by atoms with Crippen LogP contribution in [0.5, 0.6) is 0 Å². The molecule has 0 unspecified atom stereocenters. The lowest BCUT2D eigenvalue weighted by Gasteiger charge is -2.17. The van der Waals surface area contributed by atoms with Crippen LogP contribution in [0.3, 0.4) is 0 Å². The molecule has 0 N–H and O–H groups in total. The molecule has 0 aliphatic heterocycles. The maximum atomic E-state index is 11.8. The Balaban J connectivity index is 2.41. The van der Waals surface area contributed by atoms with E-state index >= 15 is 0 Å². The van der Waals surface area contributed by atoms with Crippen molar-refractivity contribution in [1.29, 1.82) is 0 Å². The number of aromatic nitrogens is 3. The highest BCUT2D eigenvalue weighted by Gasteiger charge is 2.23. The summed E-state index contributed by atoms with van der Waals surface area (Å²) in [7, 11) is 0. The summed E-state index contributed by atoms with van der Waals surface area (Å²) in [6.07, 6.45) is 4.87. The fraction of sp³-hybridized carbons (Fsp3) is 0.231. The number of hydrogen-bond acceptors (Lipinski definition) is 4. The van der Waals surface area contributed by atoms with Crippen LogP contribution in [0.4, 0.5) is 5.69 Å². The monoisotopic (exact) mass is 292 g/mol. The van der Waals surface area contributed by atoms with Gasteiger partial charge in [0.1, 0.15) is 5.69 Å². The van der Waals surface area contributed by atoms with Gasteiger partial charge in [0.2, 0.25) is 5.78 Å². The molecule has 0 radical (unpaired) electrons. The molecule has 0 aliphatic rings. The summed E-state index contributed by atoms with van der Waals surface area (Å²) >= 11 is 6.06. The fourth-order valence-corrected chi connectivity index (χ4v) is 1.99. The highest BCUT2D eigenvalue weighted by Crippen LogP contribution is 2.26. The molecule has 7 heteroatoms. The third-order valence-electron chi connectivity index (χ3n) is 2.72. The molecule has 104 valence electrons. The number of amides is 1. The van der Waals surface area contributed by atoms with Crippen LogP contribution < -0.4 is 4.90 Å². The van der Waals surface area contributed by atoms with E-state index in [-0.39, 0.29) is 5.15 Å². The standard InChI is InChI=1S/C13H13ClN4O2/c1-3-17(13(20)9(2)19)11-8-18(16-12(11)14)10-5-4-6-15-7-10/h4-8H,3H2,1-2H3. The van der Waals surface area contributed by atoms with Crippen LogP contribution >= 0.6 is 11.6 Å². The first-order valence-corrected chi connectivity index (χ1v) is 6.40. The summed E-state index contributed by atoms with van der Waals surface area (Å²) in [4.78, 5) is 28.4. The van der Waals surface area contributed by atoms with Gasteiger partial charge < -0.3 is 4.90 Å². The van der Waals surface area contributed by atoms with Crippen molar-refractivity contribution in [3.8, 4) is 5.69 Å². The lowest BCUT2D eigenvalue weighted by molar-refractivity contribution is -0.135. The van der Waals surface area contributed by atoms with Crippen molar-refractivity contribution in [3.05, 3.63) is 35.9 Å². The Bertz CT molecular complexity index is 639. The van der Waals surface area contributed by atoms with Gasteiger partial charge in [0, 0.05) is 19.7 Å². The summed E-state index contributed by atoms with van der Waals surface area (Å²) in [5, 5.41) is 4.29. The highest BCUT2D eigenvalue weighted by molar-refractivity contribution is 6.42. The van der Waals surface area contributed by atoms with Crippen molar-refractivity contribution < 1.29 is 9.59 Å². The molecule has 0 saturated heterocycles. The predicted octanol–water partition coefficient (Wildman–Crippen LogP) is 1.86. The SMILES string of the molecule is CCN(C(=O)C(C)=O)c1cn(-c2cccnc2)nc1Cl. The number of carbonyl (C=O) groups excluding carboxylic acids is 2. The van der Waals surface area contributed by atoms with Gasteiger partial charge in [0.15, 0.2) is 5.15 Å². The van der Waals surface area contributed by atoms with Gasteiger partial charge in [-0.2, -0.15) is 5.10 Å². The van der Waals surface area contributed by atoms with Crippen molar-refractivity contribution >= 4 is 29.0 Å². The quantitative estimate of drug-likeness (QED) is 0.807. The molecular weight excluding hydrogens is 280 g/mol. The molecule has 6 nitrogen and oxygen atoms in total. The molecule has 1 amide bonds. The molecule has 2 heterocycles. The van der Waals surface area contributed by atoms with Crippen molar-refractivity contribution in [2.45, 2.75) is 13.8 Å². The van der Waals surface area contributed by atoms with Crippen LogP contribution in [0.1, 0.15) is 13.8 Å². The number of Topliss-reactive ketones (excluding diaryl/α,β-unsaturated/α-hetero) is 1. The Morgan fingerprint density at radius 2 is 2.20 bits per heavy atom. The first-order valence-electron chi connectivity index (χ1n) is 6.02. The van der Waals surface area contributed by atoms with Crippen LogP contribution in [0, 0.1) is 0 Å². The van der Waals surface area contributed by atoms with Gasteiger partial charge in [-0.15, -0.1) is 0 Å². The second-order valence-electron chi connectivity index (χ2n) is 4.07. The van der Waals surface area contributed by atoms with Crippen LogP contribution in [-0.2, 0) is 9.59 Å². The third kappa shape index (κ3) is 2.70. The maximum Gasteiger partial charge on any atom is 0.294 e. The third-order valence-corrected chi connectivity index (χ3v) is 2.98. The molecule has 2 aromatic rings. The predicted molar refractivity (Wildman–Crippen MR) is 75.1 cm³/mol. The largest absolute Gasteiger partial charge is 0.302 e. The second kappa shape index (κ2) is 5.83. The summed E-state index contributed by atoms with van der Waals surface area (Å²) in [6.45, 7) is 3.32. The van der Waals surface area contributed by atoms with E-state index in [1.807, 2.05) is 6.07 Å². The van der Waals surface area contributed by atoms with Crippen molar-refractivity contribution in [2.24, 2.45) is 0 Å². The Morgan fingerprint density at radius 1 is 1.45 bits per heavy atom. The van der Waals surface area contributed by atoms with E-state index in [9.17, 15) is 9.59 Å². The molecule has 0 saturated carbocycles. The van der Waals surface area contributed by atoms with Gasteiger partial charge in [-0.25, -0.2) is 4.68 Å². The van der Waals surface area contributed by atoms with E-state index in [2.05, 4.69) is 10.1 Å². The molecule has 0 aliphatic carbocycles. The summed E-state index contributed by atoms with van der Waals surface area (Å²) in [5.74, 6) is -1.16. The lowest BCUT2D eigenvalue weighted by atomic mass is 10.3. The molecule has 2 rings (SSSR count). The van der Waals surface area contributed by atoms with Crippen molar-refractivity contribution in [3.63, 3.8) is 0 Å². The zero-order chi connectivity index (χ0) is 14.7.